The van der Waals surface area contributed by atoms with Crippen molar-refractivity contribution in [2.75, 3.05) is 112 Å². The fourth-order valence-electron chi connectivity index (χ4n) is 9.77. The lowest BCUT2D eigenvalue weighted by molar-refractivity contribution is -0.118. The van der Waals surface area contributed by atoms with Crippen LogP contribution in [0.15, 0.2) is 72.8 Å². The summed E-state index contributed by atoms with van der Waals surface area (Å²) in [5.41, 5.74) is 4.95. The second kappa shape index (κ2) is 34.6. The molecule has 4 aliphatic heterocycles. The van der Waals surface area contributed by atoms with E-state index in [9.17, 15) is 19.2 Å². The molecular formula is C60H79Cl5N6O8. The van der Waals surface area contributed by atoms with Crippen molar-refractivity contribution in [1.29, 1.82) is 0 Å². The summed E-state index contributed by atoms with van der Waals surface area (Å²) in [5, 5.41) is 5.39. The summed E-state index contributed by atoms with van der Waals surface area (Å²) < 4.78 is 21.8. The van der Waals surface area contributed by atoms with Gasteiger partial charge in [-0.15, -0.1) is 0 Å². The van der Waals surface area contributed by atoms with E-state index in [1.807, 2.05) is 60.7 Å². The summed E-state index contributed by atoms with van der Waals surface area (Å²) in [6.07, 6.45) is 14.2. The highest BCUT2D eigenvalue weighted by molar-refractivity contribution is 6.61. The third kappa shape index (κ3) is 21.0. The second-order valence-corrected chi connectivity index (χ2v) is 22.0. The van der Waals surface area contributed by atoms with Gasteiger partial charge in [-0.05, 0) is 112 Å². The first-order chi connectivity index (χ1) is 38.3. The molecule has 4 aromatic carbocycles. The summed E-state index contributed by atoms with van der Waals surface area (Å²) in [6.45, 7) is 16.2. The third-order valence-corrected chi connectivity index (χ3v) is 16.0. The third-order valence-electron chi connectivity index (χ3n) is 14.3. The highest BCUT2D eigenvalue weighted by atomic mass is 35.5. The van der Waals surface area contributed by atoms with Gasteiger partial charge in [0, 0.05) is 94.6 Å². The van der Waals surface area contributed by atoms with Crippen molar-refractivity contribution in [3.63, 3.8) is 0 Å². The molecule has 14 nitrogen and oxygen atoms in total. The molecule has 0 unspecified atom stereocenters. The molecule has 1 N–H and O–H groups in total. The topological polar surface area (TPSA) is 133 Å². The minimum atomic E-state index is -0.698. The Labute approximate surface area is 493 Å². The van der Waals surface area contributed by atoms with Crippen molar-refractivity contribution < 1.29 is 38.1 Å². The molecule has 19 heteroatoms. The number of fused-ring (bicyclic) bond motifs is 2. The average molecular weight is 1190 g/mol. The van der Waals surface area contributed by atoms with Crippen LogP contribution in [0.1, 0.15) is 115 Å². The van der Waals surface area contributed by atoms with Crippen molar-refractivity contribution in [2.24, 2.45) is 0 Å². The fraction of sp³-hybridized carbons (Fsp3) is 0.533. The highest BCUT2D eigenvalue weighted by Crippen LogP contribution is 2.36. The van der Waals surface area contributed by atoms with Crippen LogP contribution < -0.4 is 29.5 Å². The Hall–Kier alpha value is -4.67. The Morgan fingerprint density at radius 3 is 1.54 bits per heavy atom. The van der Waals surface area contributed by atoms with Gasteiger partial charge in [0.2, 0.25) is 11.8 Å². The lowest BCUT2D eigenvalue weighted by atomic mass is 10.0. The number of rotatable bonds is 24. The molecule has 0 saturated carbocycles. The van der Waals surface area contributed by atoms with Crippen LogP contribution in [0, 0.1) is 0 Å². The molecule has 4 heterocycles. The molecule has 2 fully saturated rings. The Morgan fingerprint density at radius 2 is 1.01 bits per heavy atom. The zero-order chi connectivity index (χ0) is 56.4. The number of anilines is 4. The standard InChI is InChI=1S/C30H39Cl2N3O4.C23H27Cl2N3O2.C7H13ClO2/c1-2-3-4-6-21-39-30(37)35-27-22-24(13-11-23(27)12-14-28(35)36)38-20-7-5-15-33-16-18-34(19-17-33)26-10-8-9-25(31)29(26)32;24-19-4-3-5-21(23(19)25)28-13-11-27(12-14-28)10-1-2-15-30-18-8-6-17-7-9-22(29)26-20(17)16-18;1-2-3-4-5-6-10-7(8)9/h8-11,13,22H,2-7,12,14-21H2,1H3;3-6,8,16H,1-2,7,9-15H2,(H,26,29);2-6H2,1H3. The Morgan fingerprint density at radius 1 is 0.519 bits per heavy atom. The van der Waals surface area contributed by atoms with E-state index in [1.54, 1.807) is 6.07 Å². The number of halogens is 5. The maximum Gasteiger partial charge on any atom is 0.421 e. The molecule has 0 spiro atoms. The van der Waals surface area contributed by atoms with Crippen LogP contribution in [-0.4, -0.2) is 125 Å². The van der Waals surface area contributed by atoms with Crippen LogP contribution in [0.4, 0.5) is 32.3 Å². The molecule has 2 saturated heterocycles. The molecule has 79 heavy (non-hydrogen) atoms. The van der Waals surface area contributed by atoms with Crippen LogP contribution >= 0.6 is 58.0 Å². The number of piperazine rings is 2. The second-order valence-electron chi connectivity index (χ2n) is 20.1. The van der Waals surface area contributed by atoms with Crippen LogP contribution in [0.5, 0.6) is 11.5 Å². The van der Waals surface area contributed by atoms with Crippen molar-refractivity contribution >= 4 is 104 Å². The molecule has 4 aromatic rings. The van der Waals surface area contributed by atoms with E-state index >= 15 is 0 Å². The van der Waals surface area contributed by atoms with Crippen LogP contribution in [0.3, 0.4) is 0 Å². The quantitative estimate of drug-likeness (QED) is 0.0529. The smallest absolute Gasteiger partial charge is 0.421 e. The highest BCUT2D eigenvalue weighted by Gasteiger charge is 2.31. The van der Waals surface area contributed by atoms with Gasteiger partial charge in [0.1, 0.15) is 11.5 Å². The summed E-state index contributed by atoms with van der Waals surface area (Å²) >= 11 is 30.0. The normalized spacial score (nSPS) is 15.4. The van der Waals surface area contributed by atoms with E-state index < -0.39 is 11.5 Å². The molecule has 0 bridgehead atoms. The molecule has 0 radical (unpaired) electrons. The number of amides is 3. The Bertz CT molecular complexity index is 2560. The van der Waals surface area contributed by atoms with E-state index in [-0.39, 0.29) is 11.8 Å². The summed E-state index contributed by atoms with van der Waals surface area (Å²) in [7, 11) is 0. The van der Waals surface area contributed by atoms with Gasteiger partial charge < -0.3 is 34.1 Å². The van der Waals surface area contributed by atoms with Crippen molar-refractivity contribution in [3.05, 3.63) is 104 Å². The first-order valence-electron chi connectivity index (χ1n) is 28.3. The zero-order valence-corrected chi connectivity index (χ0v) is 49.8. The predicted molar refractivity (Wildman–Crippen MR) is 322 cm³/mol. The van der Waals surface area contributed by atoms with Crippen molar-refractivity contribution in [2.45, 2.75) is 117 Å². The maximum absolute atomic E-state index is 12.7. The first kappa shape index (κ1) is 63.5. The van der Waals surface area contributed by atoms with Crippen molar-refractivity contribution in [3.8, 4) is 11.5 Å². The molecular weight excluding hydrogens is 1110 g/mol. The number of benzene rings is 4. The number of nitrogens with zero attached hydrogens (tertiary/aromatic N) is 5. The lowest BCUT2D eigenvalue weighted by Crippen LogP contribution is -2.46. The molecule has 432 valence electrons. The molecule has 4 aliphatic rings. The average Bonchev–Trinajstić information content (AvgIpc) is 3.45. The number of unbranched alkanes of at least 4 members (excludes halogenated alkanes) is 8. The van der Waals surface area contributed by atoms with Gasteiger partial charge in [-0.2, -0.15) is 0 Å². The van der Waals surface area contributed by atoms with Gasteiger partial charge in [0.25, 0.3) is 0 Å². The number of ether oxygens (including phenoxy) is 4. The van der Waals surface area contributed by atoms with Gasteiger partial charge in [-0.1, -0.05) is 123 Å². The number of hydrogen-bond donors (Lipinski definition) is 1. The number of imide groups is 1. The summed E-state index contributed by atoms with van der Waals surface area (Å²) in [6, 6.07) is 23.2. The van der Waals surface area contributed by atoms with E-state index in [4.69, 9.17) is 72.2 Å². The predicted octanol–water partition coefficient (Wildman–Crippen LogP) is 14.8. The largest absolute Gasteiger partial charge is 0.494 e. The number of aryl methyl sites for hydroxylation is 2. The monoisotopic (exact) mass is 1190 g/mol. The summed E-state index contributed by atoms with van der Waals surface area (Å²) in [4.78, 5) is 57.6. The van der Waals surface area contributed by atoms with E-state index in [1.165, 1.54) is 23.3 Å². The van der Waals surface area contributed by atoms with E-state index in [0.717, 1.165) is 164 Å². The SMILES string of the molecule is CCCCCCOC(=O)Cl.CCCCCCOC(=O)N1C(=O)CCc2ccc(OCCCCN3CCN(c4cccc(Cl)c4Cl)CC3)cc21.O=C1CCc2ccc(OCCCCN3CCN(c4cccc(Cl)c4Cl)CC3)cc2N1. The number of hydrogen-bond acceptors (Lipinski definition) is 12. The lowest BCUT2D eigenvalue weighted by Gasteiger charge is -2.36. The molecule has 0 atom stereocenters. The number of carbonyl (C=O) groups is 4. The maximum atomic E-state index is 12.7. The van der Waals surface area contributed by atoms with Gasteiger partial charge in [0.15, 0.2) is 0 Å². The number of carbonyl (C=O) groups excluding carboxylic acids is 4. The van der Waals surface area contributed by atoms with Gasteiger partial charge in [0.05, 0.1) is 63.6 Å². The molecule has 3 amide bonds. The molecule has 0 aliphatic carbocycles. The van der Waals surface area contributed by atoms with E-state index in [0.29, 0.717) is 77.2 Å². The first-order valence-corrected chi connectivity index (χ1v) is 30.2. The van der Waals surface area contributed by atoms with Gasteiger partial charge >= 0.3 is 11.5 Å². The van der Waals surface area contributed by atoms with E-state index in [2.05, 4.69) is 49.6 Å². The van der Waals surface area contributed by atoms with Crippen LogP contribution in [0.25, 0.3) is 0 Å². The molecule has 8 rings (SSSR count). The Kier molecular flexibility index (Phi) is 27.8. The van der Waals surface area contributed by atoms with Gasteiger partial charge in [-0.25, -0.2) is 14.5 Å². The minimum absolute atomic E-state index is 0.0809. The minimum Gasteiger partial charge on any atom is -0.494 e. The van der Waals surface area contributed by atoms with Gasteiger partial charge in [-0.3, -0.25) is 19.4 Å². The van der Waals surface area contributed by atoms with Crippen LogP contribution in [-0.2, 0) is 31.9 Å². The summed E-state index contributed by atoms with van der Waals surface area (Å²) in [5.74, 6) is 1.34. The number of nitrogens with one attached hydrogen (secondary N) is 1. The molecule has 0 aromatic heterocycles. The zero-order valence-electron chi connectivity index (χ0n) is 46.0. The Balaban J connectivity index is 0.000000222. The van der Waals surface area contributed by atoms with Crippen LogP contribution in [0.2, 0.25) is 20.1 Å². The van der Waals surface area contributed by atoms with Crippen molar-refractivity contribution in [1.82, 2.24) is 9.80 Å². The fourth-order valence-corrected chi connectivity index (χ4v) is 10.7.